The predicted molar refractivity (Wildman–Crippen MR) is 72.0 cm³/mol. The first-order valence-corrected chi connectivity index (χ1v) is 6.43. The van der Waals surface area contributed by atoms with Crippen molar-refractivity contribution in [1.82, 2.24) is 4.90 Å². The average Bonchev–Trinajstić information content (AvgIpc) is 2.93. The topological polar surface area (TPSA) is 75.5 Å². The van der Waals surface area contributed by atoms with Gasteiger partial charge in [-0.15, -0.1) is 0 Å². The van der Waals surface area contributed by atoms with E-state index in [-0.39, 0.29) is 11.6 Å². The molecule has 1 heterocycles. The van der Waals surface area contributed by atoms with Gasteiger partial charge in [0.05, 0.1) is 4.92 Å². The van der Waals surface area contributed by atoms with Crippen LogP contribution in [0.1, 0.15) is 19.3 Å². The molecule has 102 valence electrons. The second kappa shape index (κ2) is 6.17. The molecule has 1 N–H and O–H groups in total. The molecule has 19 heavy (non-hydrogen) atoms. The molecule has 2 rings (SSSR count). The van der Waals surface area contributed by atoms with Gasteiger partial charge in [0.25, 0.3) is 5.69 Å². The van der Waals surface area contributed by atoms with Crippen LogP contribution in [-0.2, 0) is 4.79 Å². The van der Waals surface area contributed by atoms with E-state index in [1.807, 2.05) is 4.90 Å². The lowest BCUT2D eigenvalue weighted by Gasteiger charge is -2.15. The molecular weight excluding hydrogens is 246 g/mol. The predicted octanol–water partition coefficient (Wildman–Crippen LogP) is 2.02. The van der Waals surface area contributed by atoms with Crippen molar-refractivity contribution in [2.75, 3.05) is 25.0 Å². The number of rotatable bonds is 5. The molecule has 0 aliphatic carbocycles. The second-order valence-corrected chi connectivity index (χ2v) is 4.57. The fraction of sp³-hybridized carbons (Fsp3) is 0.462. The lowest BCUT2D eigenvalue weighted by atomic mass is 10.2. The summed E-state index contributed by atoms with van der Waals surface area (Å²) in [6, 6.07) is 6.30. The van der Waals surface area contributed by atoms with Crippen LogP contribution in [0.5, 0.6) is 0 Å². The van der Waals surface area contributed by atoms with Gasteiger partial charge in [0, 0.05) is 43.9 Å². The van der Waals surface area contributed by atoms with Gasteiger partial charge in [-0.25, -0.2) is 0 Å². The SMILES string of the molecule is O=C(CCNc1cccc([N+](=O)[O-])c1)N1CCCC1. The van der Waals surface area contributed by atoms with Crippen molar-refractivity contribution in [1.29, 1.82) is 0 Å². The zero-order valence-electron chi connectivity index (χ0n) is 10.7. The number of nitrogens with zero attached hydrogens (tertiary/aromatic N) is 2. The van der Waals surface area contributed by atoms with E-state index < -0.39 is 4.92 Å². The largest absolute Gasteiger partial charge is 0.384 e. The highest BCUT2D eigenvalue weighted by Crippen LogP contribution is 2.17. The molecule has 0 spiro atoms. The number of likely N-dealkylation sites (tertiary alicyclic amines) is 1. The van der Waals surface area contributed by atoms with Crippen LogP contribution >= 0.6 is 0 Å². The summed E-state index contributed by atoms with van der Waals surface area (Å²) < 4.78 is 0. The quantitative estimate of drug-likeness (QED) is 0.651. The molecule has 1 aliphatic heterocycles. The smallest absolute Gasteiger partial charge is 0.271 e. The molecule has 1 saturated heterocycles. The number of non-ortho nitro benzene ring substituents is 1. The molecule has 6 heteroatoms. The van der Waals surface area contributed by atoms with Crippen LogP contribution in [0.2, 0.25) is 0 Å². The number of carbonyl (C=O) groups is 1. The zero-order valence-corrected chi connectivity index (χ0v) is 10.7. The summed E-state index contributed by atoms with van der Waals surface area (Å²) in [6.07, 6.45) is 2.59. The molecule has 0 saturated carbocycles. The highest BCUT2D eigenvalue weighted by atomic mass is 16.6. The monoisotopic (exact) mass is 263 g/mol. The summed E-state index contributed by atoms with van der Waals surface area (Å²) in [4.78, 5) is 23.9. The minimum absolute atomic E-state index is 0.0517. The van der Waals surface area contributed by atoms with Gasteiger partial charge in [0.1, 0.15) is 0 Å². The van der Waals surface area contributed by atoms with E-state index in [1.54, 1.807) is 12.1 Å². The molecule has 1 amide bonds. The molecular formula is C13H17N3O3. The van der Waals surface area contributed by atoms with E-state index in [0.717, 1.165) is 25.9 Å². The minimum Gasteiger partial charge on any atom is -0.384 e. The first kappa shape index (κ1) is 13.3. The van der Waals surface area contributed by atoms with Crippen LogP contribution in [0.15, 0.2) is 24.3 Å². The standard InChI is InChI=1S/C13H17N3O3/c17-13(15-8-1-2-9-15)6-7-14-11-4-3-5-12(10-11)16(18)19/h3-5,10,14H,1-2,6-9H2. The highest BCUT2D eigenvalue weighted by molar-refractivity contribution is 5.77. The number of anilines is 1. The van der Waals surface area contributed by atoms with E-state index in [0.29, 0.717) is 18.7 Å². The van der Waals surface area contributed by atoms with E-state index in [1.165, 1.54) is 12.1 Å². The first-order valence-electron chi connectivity index (χ1n) is 6.43. The molecule has 0 aromatic heterocycles. The average molecular weight is 263 g/mol. The van der Waals surface area contributed by atoms with Gasteiger partial charge in [-0.05, 0) is 18.9 Å². The summed E-state index contributed by atoms with van der Waals surface area (Å²) in [5, 5.41) is 13.7. The van der Waals surface area contributed by atoms with E-state index >= 15 is 0 Å². The summed E-state index contributed by atoms with van der Waals surface area (Å²) in [5.74, 6) is 0.149. The van der Waals surface area contributed by atoms with E-state index in [2.05, 4.69) is 5.32 Å². The number of hydrogen-bond acceptors (Lipinski definition) is 4. The van der Waals surface area contributed by atoms with Gasteiger partial charge in [-0.3, -0.25) is 14.9 Å². The molecule has 1 aliphatic rings. The van der Waals surface area contributed by atoms with Crippen LogP contribution in [-0.4, -0.2) is 35.4 Å². The van der Waals surface area contributed by atoms with Crippen molar-refractivity contribution >= 4 is 17.3 Å². The molecule has 6 nitrogen and oxygen atoms in total. The Hall–Kier alpha value is -2.11. The van der Waals surface area contributed by atoms with Gasteiger partial charge in [0.15, 0.2) is 0 Å². The Labute approximate surface area is 111 Å². The van der Waals surface area contributed by atoms with Gasteiger partial charge in [0.2, 0.25) is 5.91 Å². The Bertz CT molecular complexity index is 470. The first-order chi connectivity index (χ1) is 9.16. The maximum atomic E-state index is 11.8. The fourth-order valence-corrected chi connectivity index (χ4v) is 2.17. The van der Waals surface area contributed by atoms with E-state index in [9.17, 15) is 14.9 Å². The number of nitrogens with one attached hydrogen (secondary N) is 1. The molecule has 1 aromatic rings. The Morgan fingerprint density at radius 1 is 1.37 bits per heavy atom. The van der Waals surface area contributed by atoms with Crippen LogP contribution in [0.3, 0.4) is 0 Å². The molecule has 1 aromatic carbocycles. The molecule has 0 unspecified atom stereocenters. The van der Waals surface area contributed by atoms with Gasteiger partial charge in [-0.1, -0.05) is 6.07 Å². The Morgan fingerprint density at radius 2 is 2.11 bits per heavy atom. The van der Waals surface area contributed by atoms with Crippen molar-refractivity contribution in [3.63, 3.8) is 0 Å². The number of carbonyl (C=O) groups excluding carboxylic acids is 1. The van der Waals surface area contributed by atoms with Crippen molar-refractivity contribution in [2.24, 2.45) is 0 Å². The maximum Gasteiger partial charge on any atom is 0.271 e. The Balaban J connectivity index is 1.80. The Kier molecular flexibility index (Phi) is 4.33. The minimum atomic E-state index is -0.430. The number of nitro benzene ring substituents is 1. The maximum absolute atomic E-state index is 11.8. The summed E-state index contributed by atoms with van der Waals surface area (Å²) in [6.45, 7) is 2.21. The molecule has 0 bridgehead atoms. The third kappa shape index (κ3) is 3.67. The highest BCUT2D eigenvalue weighted by Gasteiger charge is 2.17. The van der Waals surface area contributed by atoms with Gasteiger partial charge in [-0.2, -0.15) is 0 Å². The lowest BCUT2D eigenvalue weighted by Crippen LogP contribution is -2.29. The van der Waals surface area contributed by atoms with Gasteiger partial charge >= 0.3 is 0 Å². The van der Waals surface area contributed by atoms with Crippen LogP contribution in [0.25, 0.3) is 0 Å². The lowest BCUT2D eigenvalue weighted by molar-refractivity contribution is -0.384. The molecule has 0 radical (unpaired) electrons. The van der Waals surface area contributed by atoms with Crippen LogP contribution in [0, 0.1) is 10.1 Å². The summed E-state index contributed by atoms with van der Waals surface area (Å²) in [7, 11) is 0. The van der Waals surface area contributed by atoms with Crippen LogP contribution in [0.4, 0.5) is 11.4 Å². The fourth-order valence-electron chi connectivity index (χ4n) is 2.17. The third-order valence-electron chi connectivity index (χ3n) is 3.18. The Morgan fingerprint density at radius 3 is 2.79 bits per heavy atom. The zero-order chi connectivity index (χ0) is 13.7. The number of hydrogen-bond donors (Lipinski definition) is 1. The van der Waals surface area contributed by atoms with Crippen LogP contribution < -0.4 is 5.32 Å². The number of amides is 1. The summed E-state index contributed by atoms with van der Waals surface area (Å²) in [5.41, 5.74) is 0.722. The van der Waals surface area contributed by atoms with Crippen molar-refractivity contribution < 1.29 is 9.72 Å². The second-order valence-electron chi connectivity index (χ2n) is 4.57. The third-order valence-corrected chi connectivity index (χ3v) is 3.18. The van der Waals surface area contributed by atoms with Crippen molar-refractivity contribution in [2.45, 2.75) is 19.3 Å². The van der Waals surface area contributed by atoms with Crippen molar-refractivity contribution in [3.05, 3.63) is 34.4 Å². The number of nitro groups is 1. The summed E-state index contributed by atoms with van der Waals surface area (Å²) >= 11 is 0. The van der Waals surface area contributed by atoms with E-state index in [4.69, 9.17) is 0 Å². The molecule has 1 fully saturated rings. The van der Waals surface area contributed by atoms with Crippen molar-refractivity contribution in [3.8, 4) is 0 Å². The number of benzene rings is 1. The van der Waals surface area contributed by atoms with Gasteiger partial charge < -0.3 is 10.2 Å². The normalized spacial score (nSPS) is 14.4. The molecule has 0 atom stereocenters.